The monoisotopic (exact) mass is 1100 g/mol. The number of carbonyl (C=O) groups is 11. The van der Waals surface area contributed by atoms with Crippen molar-refractivity contribution in [1.29, 1.82) is 0 Å². The van der Waals surface area contributed by atoms with Gasteiger partial charge in [0.05, 0.1) is 6.61 Å². The van der Waals surface area contributed by atoms with Gasteiger partial charge in [-0.2, -0.15) is 0 Å². The van der Waals surface area contributed by atoms with Crippen LogP contribution in [-0.4, -0.2) is 139 Å². The van der Waals surface area contributed by atoms with Gasteiger partial charge < -0.3 is 55.0 Å². The number of hydrogen-bond acceptors (Lipinski definition) is 17. The Morgan fingerprint density at radius 1 is 0.312 bits per heavy atom. The second-order valence-corrected chi connectivity index (χ2v) is 23.3. The SMILES string of the molecule is CC(C)C1NC(=O)[C@H](C)OC[C@H](C(C)C)CC(=O)[C@@H](C(C)C)OC(=O)[C@H](C(C)C)NC(=O)[C@H](C)OC(=O)[C@@H](C(C)C)NC(=O)[C@@H](C(C)C)OC(=O)[C@H](C(C)C)NC(=O)[C@H](C)OC(=O)[C@@H](C(C)C)NC(=O)[C@@H](C(C)C)OC1=O. The molecular weight excluding hydrogens is 1000 g/mol. The summed E-state index contributed by atoms with van der Waals surface area (Å²) in [7, 11) is 0. The van der Waals surface area contributed by atoms with E-state index >= 15 is 0 Å². The highest BCUT2D eigenvalue weighted by Gasteiger charge is 2.41. The number of rotatable bonds is 9. The Hall–Kier alpha value is -5.67. The number of hydrogen-bond donors (Lipinski definition) is 5. The van der Waals surface area contributed by atoms with Gasteiger partial charge in [-0.15, -0.1) is 0 Å². The van der Waals surface area contributed by atoms with Crippen molar-refractivity contribution in [2.45, 2.75) is 219 Å². The Kier molecular flexibility index (Phi) is 28.5. The molecule has 77 heavy (non-hydrogen) atoms. The quantitative estimate of drug-likeness (QED) is 0.161. The van der Waals surface area contributed by atoms with Crippen molar-refractivity contribution in [3.63, 3.8) is 0 Å². The van der Waals surface area contributed by atoms with Gasteiger partial charge >= 0.3 is 29.8 Å². The van der Waals surface area contributed by atoms with Crippen LogP contribution in [0.4, 0.5) is 0 Å². The van der Waals surface area contributed by atoms with Crippen LogP contribution in [0.15, 0.2) is 0 Å². The standard InChI is InChI=1S/C55H93N5O17/c1-24(2)36-22-37(61)43(30(13)14)75-53(69)40(27(7)8)57-47(63)34(20)73-51(67)38(25(3)4)60-50(66)45(32(17)18)77-55(71)42(29(11)12)58-48(64)35(21)74-52(68)39(26(5)6)59-49(65)44(31(15)16)76-54(70)41(28(9)10)56-46(62)33(19)72-23-36/h24-36,38-45H,22-23H2,1-21H3,(H,56,62)(H,57,63)(H,58,64)(H,59,65)(H,60,66)/t33-,34-,35-,36+,38+,39+,40-,41?,42-,43+,44+,45+/m0/s1. The van der Waals surface area contributed by atoms with Crippen LogP contribution >= 0.6 is 0 Å². The van der Waals surface area contributed by atoms with Crippen molar-refractivity contribution in [1.82, 2.24) is 26.6 Å². The lowest BCUT2D eigenvalue weighted by molar-refractivity contribution is -0.167. The van der Waals surface area contributed by atoms with E-state index in [9.17, 15) is 52.7 Å². The van der Waals surface area contributed by atoms with Crippen molar-refractivity contribution in [3.05, 3.63) is 0 Å². The summed E-state index contributed by atoms with van der Waals surface area (Å²) in [5.74, 6) is -15.0. The van der Waals surface area contributed by atoms with Crippen LogP contribution in [0.3, 0.4) is 0 Å². The molecule has 1 fully saturated rings. The molecule has 1 heterocycles. The average molecular weight is 1100 g/mol. The fourth-order valence-corrected chi connectivity index (χ4v) is 7.73. The van der Waals surface area contributed by atoms with E-state index in [1.807, 2.05) is 13.8 Å². The van der Waals surface area contributed by atoms with E-state index in [1.54, 1.807) is 111 Å². The zero-order valence-electron chi connectivity index (χ0n) is 49.5. The fourth-order valence-electron chi connectivity index (χ4n) is 7.73. The highest BCUT2D eigenvalue weighted by Crippen LogP contribution is 2.23. The summed E-state index contributed by atoms with van der Waals surface area (Å²) in [6, 6.07) is -6.65. The van der Waals surface area contributed by atoms with Crippen LogP contribution in [0.2, 0.25) is 0 Å². The zero-order chi connectivity index (χ0) is 59.7. The lowest BCUT2D eigenvalue weighted by atomic mass is 9.88. The Bertz CT molecular complexity index is 2050. The molecule has 0 radical (unpaired) electrons. The maximum absolute atomic E-state index is 14.0. The highest BCUT2D eigenvalue weighted by molar-refractivity contribution is 5.95. The van der Waals surface area contributed by atoms with Crippen molar-refractivity contribution < 1.29 is 81.2 Å². The van der Waals surface area contributed by atoms with Gasteiger partial charge in [0.2, 0.25) is 5.91 Å². The number of nitrogens with one attached hydrogen (secondary N) is 5. The van der Waals surface area contributed by atoms with Crippen molar-refractivity contribution >= 4 is 65.2 Å². The molecule has 22 nitrogen and oxygen atoms in total. The summed E-state index contributed by atoms with van der Waals surface area (Å²) in [5.41, 5.74) is 0. The third-order valence-electron chi connectivity index (χ3n) is 13.1. The molecule has 0 aromatic rings. The Labute approximate surface area is 456 Å². The van der Waals surface area contributed by atoms with E-state index in [2.05, 4.69) is 26.6 Å². The maximum Gasteiger partial charge on any atom is 0.329 e. The van der Waals surface area contributed by atoms with Gasteiger partial charge in [-0.25, -0.2) is 24.0 Å². The van der Waals surface area contributed by atoms with E-state index in [0.717, 1.165) is 0 Å². The number of amides is 5. The first-order valence-electron chi connectivity index (χ1n) is 27.1. The Morgan fingerprint density at radius 2 is 0.558 bits per heavy atom. The molecule has 0 aliphatic carbocycles. The normalized spacial score (nSPS) is 29.2. The second kappa shape index (κ2) is 31.7. The maximum atomic E-state index is 14.0. The van der Waals surface area contributed by atoms with Crippen LogP contribution in [0.1, 0.15) is 152 Å². The molecule has 1 rings (SSSR count). The minimum absolute atomic E-state index is 0.0844. The number of Topliss-reactive ketones (excluding diaryl/α,β-unsaturated/α-hetero) is 1. The Balaban J connectivity index is 3.82. The molecule has 440 valence electrons. The highest BCUT2D eigenvalue weighted by atomic mass is 16.6. The third-order valence-corrected chi connectivity index (χ3v) is 13.1. The van der Waals surface area contributed by atoms with Crippen LogP contribution in [0, 0.1) is 59.2 Å². The molecule has 0 aromatic heterocycles. The molecule has 0 saturated carbocycles. The van der Waals surface area contributed by atoms with Gasteiger partial charge in [-0.05, 0) is 80.0 Å². The molecule has 5 N–H and O–H groups in total. The van der Waals surface area contributed by atoms with Crippen LogP contribution < -0.4 is 26.6 Å². The largest absolute Gasteiger partial charge is 0.453 e. The van der Waals surface area contributed by atoms with Crippen LogP contribution in [0.25, 0.3) is 0 Å². The summed E-state index contributed by atoms with van der Waals surface area (Å²) in [4.78, 5) is 151. The number of cyclic esters (lactones) is 5. The van der Waals surface area contributed by atoms with Gasteiger partial charge in [-0.1, -0.05) is 125 Å². The lowest BCUT2D eigenvalue weighted by Crippen LogP contribution is -2.55. The molecule has 5 amide bonds. The van der Waals surface area contributed by atoms with E-state index in [0.29, 0.717) is 0 Å². The molecule has 22 heteroatoms. The van der Waals surface area contributed by atoms with E-state index in [-0.39, 0.29) is 18.9 Å². The van der Waals surface area contributed by atoms with Gasteiger partial charge in [0.1, 0.15) is 36.3 Å². The minimum atomic E-state index is -1.53. The smallest absolute Gasteiger partial charge is 0.329 e. The first kappa shape index (κ1) is 69.3. The lowest BCUT2D eigenvalue weighted by Gasteiger charge is -2.30. The molecule has 1 unspecified atom stereocenters. The molecule has 0 spiro atoms. The van der Waals surface area contributed by atoms with E-state index in [1.165, 1.54) is 20.8 Å². The molecule has 12 atom stereocenters. The van der Waals surface area contributed by atoms with Crippen LogP contribution in [-0.2, 0) is 81.2 Å². The topological polar surface area (TPSA) is 303 Å². The minimum Gasteiger partial charge on any atom is -0.453 e. The fraction of sp³-hybridized carbons (Fsp3) is 0.800. The molecule has 0 bridgehead atoms. The summed E-state index contributed by atoms with van der Waals surface area (Å²) in [6.07, 6.45) is -8.51. The predicted molar refractivity (Wildman–Crippen MR) is 282 cm³/mol. The molecule has 1 aliphatic rings. The number of carbonyl (C=O) groups excluding carboxylic acids is 11. The van der Waals surface area contributed by atoms with Gasteiger partial charge in [0.25, 0.3) is 23.6 Å². The molecule has 1 saturated heterocycles. The van der Waals surface area contributed by atoms with Crippen molar-refractivity contribution in [2.75, 3.05) is 6.61 Å². The zero-order valence-corrected chi connectivity index (χ0v) is 49.5. The van der Waals surface area contributed by atoms with Gasteiger partial charge in [0, 0.05) is 6.42 Å². The van der Waals surface area contributed by atoms with Gasteiger partial charge in [0.15, 0.2) is 36.3 Å². The van der Waals surface area contributed by atoms with Gasteiger partial charge in [-0.3, -0.25) is 28.8 Å². The number of ether oxygens (including phenoxy) is 6. The molecular formula is C55H93N5O17. The number of esters is 5. The summed E-state index contributed by atoms with van der Waals surface area (Å²) in [5, 5.41) is 12.9. The van der Waals surface area contributed by atoms with Crippen molar-refractivity contribution in [2.24, 2.45) is 59.2 Å². The summed E-state index contributed by atoms with van der Waals surface area (Å²) < 4.78 is 34.3. The average Bonchev–Trinajstić information content (AvgIpc) is 3.31. The predicted octanol–water partition coefficient (Wildman–Crippen LogP) is 3.91. The van der Waals surface area contributed by atoms with Crippen LogP contribution in [0.5, 0.6) is 0 Å². The summed E-state index contributed by atoms with van der Waals surface area (Å²) in [6.45, 7) is 33.6. The van der Waals surface area contributed by atoms with E-state index in [4.69, 9.17) is 28.4 Å². The third kappa shape index (κ3) is 21.6. The van der Waals surface area contributed by atoms with Crippen molar-refractivity contribution in [3.8, 4) is 0 Å². The first-order valence-corrected chi connectivity index (χ1v) is 27.1. The first-order chi connectivity index (χ1) is 35.4. The number of ketones is 1. The molecule has 0 aromatic carbocycles. The summed E-state index contributed by atoms with van der Waals surface area (Å²) >= 11 is 0. The second-order valence-electron chi connectivity index (χ2n) is 23.3. The van der Waals surface area contributed by atoms with E-state index < -0.39 is 185 Å². The molecule has 1 aliphatic heterocycles. The Morgan fingerprint density at radius 3 is 0.818 bits per heavy atom.